The molecule has 1 amide bonds. The second-order valence-corrected chi connectivity index (χ2v) is 5.69. The number of nitrogens with zero attached hydrogens (tertiary/aromatic N) is 6. The summed E-state index contributed by atoms with van der Waals surface area (Å²) in [6.07, 6.45) is 6.61. The lowest BCUT2D eigenvalue weighted by molar-refractivity contribution is 0.0746. The SMILES string of the molecule is Cc1noc2ncc(C(=O)N3CCN(c4cnccn4)CC3)cc12. The van der Waals surface area contributed by atoms with Gasteiger partial charge >= 0.3 is 0 Å². The monoisotopic (exact) mass is 324 g/mol. The molecule has 0 spiro atoms. The lowest BCUT2D eigenvalue weighted by atomic mass is 10.1. The van der Waals surface area contributed by atoms with Crippen molar-refractivity contribution in [2.75, 3.05) is 31.1 Å². The molecule has 0 atom stereocenters. The summed E-state index contributed by atoms with van der Waals surface area (Å²) in [5.41, 5.74) is 1.75. The first-order valence-corrected chi connectivity index (χ1v) is 7.74. The molecule has 3 aromatic heterocycles. The maximum atomic E-state index is 12.7. The third-order valence-electron chi connectivity index (χ3n) is 4.20. The van der Waals surface area contributed by atoms with Crippen molar-refractivity contribution < 1.29 is 9.32 Å². The molecule has 1 aliphatic heterocycles. The average Bonchev–Trinajstić information content (AvgIpc) is 3.02. The van der Waals surface area contributed by atoms with Crippen LogP contribution >= 0.6 is 0 Å². The number of hydrogen-bond acceptors (Lipinski definition) is 7. The van der Waals surface area contributed by atoms with Gasteiger partial charge in [-0.25, -0.2) is 9.97 Å². The average molecular weight is 324 g/mol. The third kappa shape index (κ3) is 2.55. The Balaban J connectivity index is 1.48. The summed E-state index contributed by atoms with van der Waals surface area (Å²) in [5.74, 6) is 0.816. The molecular weight excluding hydrogens is 308 g/mol. The summed E-state index contributed by atoms with van der Waals surface area (Å²) >= 11 is 0. The fourth-order valence-corrected chi connectivity index (χ4v) is 2.84. The van der Waals surface area contributed by atoms with E-state index in [2.05, 4.69) is 25.0 Å². The zero-order valence-electron chi connectivity index (χ0n) is 13.2. The number of amides is 1. The van der Waals surface area contributed by atoms with Gasteiger partial charge in [0.1, 0.15) is 5.82 Å². The standard InChI is InChI=1S/C16H16N6O2/c1-11-13-8-12(9-19-15(13)24-20-11)16(23)22-6-4-21(5-7-22)14-10-17-2-3-18-14/h2-3,8-10H,4-7H2,1H3. The molecule has 24 heavy (non-hydrogen) atoms. The number of hydrogen-bond donors (Lipinski definition) is 0. The smallest absolute Gasteiger partial charge is 0.257 e. The van der Waals surface area contributed by atoms with E-state index in [1.165, 1.54) is 0 Å². The van der Waals surface area contributed by atoms with E-state index in [0.29, 0.717) is 24.4 Å². The molecule has 0 aliphatic carbocycles. The van der Waals surface area contributed by atoms with Crippen molar-refractivity contribution in [3.05, 3.63) is 42.1 Å². The van der Waals surface area contributed by atoms with Crippen LogP contribution in [0.25, 0.3) is 11.1 Å². The Kier molecular flexibility index (Phi) is 3.56. The van der Waals surface area contributed by atoms with Crippen LogP contribution in [0, 0.1) is 6.92 Å². The lowest BCUT2D eigenvalue weighted by Gasteiger charge is -2.35. The molecule has 4 rings (SSSR count). The zero-order valence-corrected chi connectivity index (χ0v) is 13.2. The lowest BCUT2D eigenvalue weighted by Crippen LogP contribution is -2.49. The van der Waals surface area contributed by atoms with Crippen molar-refractivity contribution >= 4 is 22.8 Å². The third-order valence-corrected chi connectivity index (χ3v) is 4.20. The Morgan fingerprint density at radius 1 is 1.12 bits per heavy atom. The zero-order chi connectivity index (χ0) is 16.5. The number of aryl methyl sites for hydroxylation is 1. The summed E-state index contributed by atoms with van der Waals surface area (Å²) in [5, 5.41) is 4.65. The van der Waals surface area contributed by atoms with Gasteiger partial charge in [0, 0.05) is 44.8 Å². The highest BCUT2D eigenvalue weighted by Crippen LogP contribution is 2.19. The van der Waals surface area contributed by atoms with Crippen LogP contribution in [0.5, 0.6) is 0 Å². The molecule has 122 valence electrons. The molecule has 0 saturated carbocycles. The summed E-state index contributed by atoms with van der Waals surface area (Å²) < 4.78 is 5.09. The van der Waals surface area contributed by atoms with Gasteiger partial charge in [0.15, 0.2) is 0 Å². The molecule has 8 heteroatoms. The van der Waals surface area contributed by atoms with Crippen LogP contribution in [0.4, 0.5) is 5.82 Å². The van der Waals surface area contributed by atoms with Gasteiger partial charge in [-0.1, -0.05) is 5.16 Å². The van der Waals surface area contributed by atoms with Gasteiger partial charge in [0.2, 0.25) is 0 Å². The Morgan fingerprint density at radius 3 is 2.71 bits per heavy atom. The molecule has 0 radical (unpaired) electrons. The van der Waals surface area contributed by atoms with E-state index in [9.17, 15) is 4.79 Å². The minimum atomic E-state index is -0.0243. The van der Waals surface area contributed by atoms with Crippen LogP contribution < -0.4 is 4.90 Å². The Bertz CT molecular complexity index is 871. The van der Waals surface area contributed by atoms with Gasteiger partial charge in [-0.3, -0.25) is 9.78 Å². The number of aromatic nitrogens is 4. The second kappa shape index (κ2) is 5.88. The normalized spacial score (nSPS) is 15.0. The number of carbonyl (C=O) groups excluding carboxylic acids is 1. The quantitative estimate of drug-likeness (QED) is 0.701. The van der Waals surface area contributed by atoms with E-state index < -0.39 is 0 Å². The molecule has 1 saturated heterocycles. The first-order chi connectivity index (χ1) is 11.7. The maximum Gasteiger partial charge on any atom is 0.257 e. The molecule has 1 aliphatic rings. The molecule has 0 N–H and O–H groups in total. The van der Waals surface area contributed by atoms with E-state index in [0.717, 1.165) is 30.0 Å². The van der Waals surface area contributed by atoms with Crippen molar-refractivity contribution in [2.24, 2.45) is 0 Å². The summed E-state index contributed by atoms with van der Waals surface area (Å²) in [4.78, 5) is 29.2. The topological polar surface area (TPSA) is 88.3 Å². The first kappa shape index (κ1) is 14.6. The van der Waals surface area contributed by atoms with Gasteiger partial charge in [-0.2, -0.15) is 0 Å². The molecule has 8 nitrogen and oxygen atoms in total. The van der Waals surface area contributed by atoms with Gasteiger partial charge in [-0.15, -0.1) is 0 Å². The van der Waals surface area contributed by atoms with Crippen molar-refractivity contribution in [1.82, 2.24) is 25.0 Å². The van der Waals surface area contributed by atoms with Gasteiger partial charge in [-0.05, 0) is 13.0 Å². The number of rotatable bonds is 2. The molecule has 0 bridgehead atoms. The predicted octanol–water partition coefficient (Wildman–Crippen LogP) is 1.28. The summed E-state index contributed by atoms with van der Waals surface area (Å²) in [6, 6.07) is 1.80. The second-order valence-electron chi connectivity index (χ2n) is 5.69. The number of fused-ring (bicyclic) bond motifs is 1. The predicted molar refractivity (Wildman–Crippen MR) is 86.7 cm³/mol. The summed E-state index contributed by atoms with van der Waals surface area (Å²) in [7, 11) is 0. The van der Waals surface area contributed by atoms with Crippen LogP contribution in [0.3, 0.4) is 0 Å². The van der Waals surface area contributed by atoms with E-state index in [1.54, 1.807) is 30.9 Å². The van der Waals surface area contributed by atoms with Gasteiger partial charge in [0.05, 0.1) is 22.8 Å². The minimum absolute atomic E-state index is 0.0243. The molecule has 1 fully saturated rings. The van der Waals surface area contributed by atoms with E-state index in [-0.39, 0.29) is 5.91 Å². The fraction of sp³-hybridized carbons (Fsp3) is 0.312. The van der Waals surface area contributed by atoms with Gasteiger partial charge in [0.25, 0.3) is 11.6 Å². The largest absolute Gasteiger partial charge is 0.352 e. The van der Waals surface area contributed by atoms with E-state index in [1.807, 2.05) is 11.8 Å². The number of anilines is 1. The highest BCUT2D eigenvalue weighted by molar-refractivity contribution is 5.97. The van der Waals surface area contributed by atoms with E-state index >= 15 is 0 Å². The molecule has 3 aromatic rings. The molecular formula is C16H16N6O2. The van der Waals surface area contributed by atoms with Crippen LogP contribution in [0.1, 0.15) is 16.1 Å². The number of piperazine rings is 1. The molecule has 0 unspecified atom stereocenters. The van der Waals surface area contributed by atoms with Crippen LogP contribution in [-0.2, 0) is 0 Å². The number of carbonyl (C=O) groups is 1. The van der Waals surface area contributed by atoms with Crippen LogP contribution in [0.15, 0.2) is 35.4 Å². The Hall–Kier alpha value is -3.03. The maximum absolute atomic E-state index is 12.7. The van der Waals surface area contributed by atoms with Crippen molar-refractivity contribution in [1.29, 1.82) is 0 Å². The Labute approximate surface area is 138 Å². The highest BCUT2D eigenvalue weighted by atomic mass is 16.5. The van der Waals surface area contributed by atoms with Crippen molar-refractivity contribution in [3.63, 3.8) is 0 Å². The van der Waals surface area contributed by atoms with Crippen molar-refractivity contribution in [3.8, 4) is 0 Å². The highest BCUT2D eigenvalue weighted by Gasteiger charge is 2.23. The fourth-order valence-electron chi connectivity index (χ4n) is 2.84. The molecule has 0 aromatic carbocycles. The molecule has 4 heterocycles. The van der Waals surface area contributed by atoms with Gasteiger partial charge < -0.3 is 14.3 Å². The van der Waals surface area contributed by atoms with Crippen LogP contribution in [-0.4, -0.2) is 57.1 Å². The first-order valence-electron chi connectivity index (χ1n) is 7.74. The summed E-state index contributed by atoms with van der Waals surface area (Å²) in [6.45, 7) is 4.56. The van der Waals surface area contributed by atoms with Crippen molar-refractivity contribution in [2.45, 2.75) is 6.92 Å². The Morgan fingerprint density at radius 2 is 1.96 bits per heavy atom. The number of pyridine rings is 1. The van der Waals surface area contributed by atoms with Crippen LogP contribution in [0.2, 0.25) is 0 Å². The van der Waals surface area contributed by atoms with E-state index in [4.69, 9.17) is 4.52 Å². The minimum Gasteiger partial charge on any atom is -0.352 e.